The van der Waals surface area contributed by atoms with Crippen molar-refractivity contribution in [3.8, 4) is 0 Å². The molecule has 1 saturated heterocycles. The Morgan fingerprint density at radius 3 is 2.87 bits per heavy atom. The highest BCUT2D eigenvalue weighted by Crippen LogP contribution is 2.32. The van der Waals surface area contributed by atoms with E-state index in [1.54, 1.807) is 18.2 Å². The van der Waals surface area contributed by atoms with Crippen LogP contribution in [0, 0.1) is 0 Å². The fourth-order valence-corrected chi connectivity index (χ4v) is 3.56. The van der Waals surface area contributed by atoms with Crippen LogP contribution >= 0.6 is 23.1 Å². The molecule has 1 aliphatic heterocycles. The zero-order valence-corrected chi connectivity index (χ0v) is 13.5. The summed E-state index contributed by atoms with van der Waals surface area (Å²) in [5, 5.41) is 4.18. The first-order valence-corrected chi connectivity index (χ1v) is 8.45. The molecule has 0 aromatic carbocycles. The van der Waals surface area contributed by atoms with Crippen molar-refractivity contribution in [3.63, 3.8) is 0 Å². The van der Waals surface area contributed by atoms with Gasteiger partial charge in [-0.2, -0.15) is 0 Å². The average molecular weight is 348 g/mol. The molecule has 23 heavy (non-hydrogen) atoms. The molecule has 1 N–H and O–H groups in total. The maximum Gasteiger partial charge on any atom is 0.293 e. The van der Waals surface area contributed by atoms with Crippen LogP contribution in [0.3, 0.4) is 0 Å². The Morgan fingerprint density at radius 2 is 2.17 bits per heavy atom. The van der Waals surface area contributed by atoms with Gasteiger partial charge in [0.15, 0.2) is 5.76 Å². The predicted molar refractivity (Wildman–Crippen MR) is 88.0 cm³/mol. The number of nitrogens with one attached hydrogen (secondary N) is 1. The number of carbonyl (C=O) groups excluding carboxylic acids is 3. The summed E-state index contributed by atoms with van der Waals surface area (Å²) in [5.74, 6) is -0.520. The van der Waals surface area contributed by atoms with Crippen LogP contribution in [-0.2, 0) is 4.79 Å². The minimum Gasteiger partial charge on any atom is -0.459 e. The predicted octanol–water partition coefficient (Wildman–Crippen LogP) is 2.81. The van der Waals surface area contributed by atoms with Crippen LogP contribution in [0.4, 0.5) is 4.79 Å². The van der Waals surface area contributed by atoms with E-state index in [0.717, 1.165) is 21.5 Å². The van der Waals surface area contributed by atoms with E-state index in [4.69, 9.17) is 4.42 Å². The van der Waals surface area contributed by atoms with Crippen molar-refractivity contribution in [2.24, 2.45) is 0 Å². The molecule has 0 spiro atoms. The second kappa shape index (κ2) is 6.84. The smallest absolute Gasteiger partial charge is 0.293 e. The number of amides is 3. The van der Waals surface area contributed by atoms with Crippen molar-refractivity contribution in [1.29, 1.82) is 0 Å². The number of hydrogen-bond acceptors (Lipinski definition) is 6. The van der Waals surface area contributed by atoms with Gasteiger partial charge in [-0.1, -0.05) is 6.07 Å². The normalized spacial score (nSPS) is 16.3. The molecular formula is C15H12N2O4S2. The van der Waals surface area contributed by atoms with Crippen molar-refractivity contribution >= 4 is 46.2 Å². The summed E-state index contributed by atoms with van der Waals surface area (Å²) in [5.41, 5.74) is 0. The fraction of sp³-hybridized carbons (Fsp3) is 0.133. The van der Waals surface area contributed by atoms with Gasteiger partial charge in [-0.3, -0.25) is 19.3 Å². The van der Waals surface area contributed by atoms with Gasteiger partial charge in [0.1, 0.15) is 0 Å². The van der Waals surface area contributed by atoms with E-state index in [2.05, 4.69) is 5.32 Å². The number of thioether (sulfide) groups is 1. The molecule has 3 rings (SSSR count). The standard InChI is InChI=1S/C15H12N2O4S2/c18-13(11-4-1-7-21-11)16-5-6-17-14(19)12(23-15(17)20)9-10-3-2-8-22-10/h1-4,7-9H,5-6H2,(H,16,18)/b12-9+. The Balaban J connectivity index is 1.57. The lowest BCUT2D eigenvalue weighted by molar-refractivity contribution is -0.122. The van der Waals surface area contributed by atoms with Gasteiger partial charge in [0.05, 0.1) is 11.2 Å². The van der Waals surface area contributed by atoms with Crippen LogP contribution in [0.15, 0.2) is 45.2 Å². The summed E-state index contributed by atoms with van der Waals surface area (Å²) in [4.78, 5) is 38.3. The number of furan rings is 1. The Hall–Kier alpha value is -2.32. The third-order valence-electron chi connectivity index (χ3n) is 3.06. The molecule has 0 unspecified atom stereocenters. The second-order valence-corrected chi connectivity index (χ2v) is 6.55. The number of nitrogens with zero attached hydrogens (tertiary/aromatic N) is 1. The highest BCUT2D eigenvalue weighted by Gasteiger charge is 2.34. The van der Waals surface area contributed by atoms with Crippen molar-refractivity contribution in [2.45, 2.75) is 0 Å². The largest absolute Gasteiger partial charge is 0.459 e. The monoisotopic (exact) mass is 348 g/mol. The van der Waals surface area contributed by atoms with Crippen molar-refractivity contribution in [1.82, 2.24) is 10.2 Å². The zero-order chi connectivity index (χ0) is 16.2. The zero-order valence-electron chi connectivity index (χ0n) is 11.9. The van der Waals surface area contributed by atoms with E-state index in [1.807, 2.05) is 17.5 Å². The number of imide groups is 1. The topological polar surface area (TPSA) is 79.6 Å². The first-order valence-electron chi connectivity index (χ1n) is 6.76. The summed E-state index contributed by atoms with van der Waals surface area (Å²) >= 11 is 2.41. The highest BCUT2D eigenvalue weighted by atomic mass is 32.2. The number of carbonyl (C=O) groups is 3. The molecule has 1 fully saturated rings. The van der Waals surface area contributed by atoms with Gasteiger partial charge in [-0.05, 0) is 41.4 Å². The maximum absolute atomic E-state index is 12.2. The number of thiophene rings is 1. The molecule has 2 aromatic heterocycles. The SMILES string of the molecule is O=C(NCCN1C(=O)S/C(=C/c2cccs2)C1=O)c1ccco1. The van der Waals surface area contributed by atoms with Crippen LogP contribution in [0.5, 0.6) is 0 Å². The van der Waals surface area contributed by atoms with Crippen molar-refractivity contribution in [3.05, 3.63) is 51.5 Å². The molecule has 3 amide bonds. The minimum atomic E-state index is -0.379. The quantitative estimate of drug-likeness (QED) is 0.841. The Bertz CT molecular complexity index is 751. The van der Waals surface area contributed by atoms with E-state index in [0.29, 0.717) is 4.91 Å². The van der Waals surface area contributed by atoms with E-state index < -0.39 is 0 Å². The van der Waals surface area contributed by atoms with Crippen LogP contribution in [0.1, 0.15) is 15.4 Å². The van der Waals surface area contributed by atoms with Crippen LogP contribution < -0.4 is 5.32 Å². The van der Waals surface area contributed by atoms with E-state index in [9.17, 15) is 14.4 Å². The Kier molecular flexibility index (Phi) is 4.63. The lowest BCUT2D eigenvalue weighted by Crippen LogP contribution is -2.37. The third kappa shape index (κ3) is 3.54. The fourth-order valence-electron chi connectivity index (χ4n) is 1.97. The Morgan fingerprint density at radius 1 is 1.30 bits per heavy atom. The summed E-state index contributed by atoms with van der Waals surface area (Å²) in [6, 6.07) is 6.91. The highest BCUT2D eigenvalue weighted by molar-refractivity contribution is 8.18. The molecule has 0 atom stereocenters. The molecule has 3 heterocycles. The molecule has 8 heteroatoms. The van der Waals surface area contributed by atoms with Gasteiger partial charge >= 0.3 is 0 Å². The molecule has 0 bridgehead atoms. The molecule has 0 saturated carbocycles. The third-order valence-corrected chi connectivity index (χ3v) is 4.78. The van der Waals surface area contributed by atoms with Crippen molar-refractivity contribution in [2.75, 3.05) is 13.1 Å². The first kappa shape index (κ1) is 15.6. The van der Waals surface area contributed by atoms with Gasteiger partial charge < -0.3 is 9.73 Å². The number of rotatable bonds is 5. The summed E-state index contributed by atoms with van der Waals surface area (Å²) in [6.07, 6.45) is 3.11. The van der Waals surface area contributed by atoms with Crippen molar-refractivity contribution < 1.29 is 18.8 Å². The van der Waals surface area contributed by atoms with E-state index >= 15 is 0 Å². The molecular weight excluding hydrogens is 336 g/mol. The van der Waals surface area contributed by atoms with Gasteiger partial charge in [0.2, 0.25) is 0 Å². The van der Waals surface area contributed by atoms with Gasteiger partial charge in [-0.15, -0.1) is 11.3 Å². The average Bonchev–Trinajstić information content (AvgIpc) is 3.26. The number of hydrogen-bond donors (Lipinski definition) is 1. The summed E-state index contributed by atoms with van der Waals surface area (Å²) in [7, 11) is 0. The van der Waals surface area contributed by atoms with Crippen LogP contribution in [0.2, 0.25) is 0 Å². The maximum atomic E-state index is 12.2. The first-order chi connectivity index (χ1) is 11.1. The minimum absolute atomic E-state index is 0.124. The molecule has 6 nitrogen and oxygen atoms in total. The Labute approximate surface area is 140 Å². The van der Waals surface area contributed by atoms with E-state index in [1.165, 1.54) is 17.6 Å². The van der Waals surface area contributed by atoms with Crippen LogP contribution in [0.25, 0.3) is 6.08 Å². The van der Waals surface area contributed by atoms with Gasteiger partial charge in [0.25, 0.3) is 17.1 Å². The lowest BCUT2D eigenvalue weighted by atomic mass is 10.3. The van der Waals surface area contributed by atoms with E-state index in [-0.39, 0.29) is 35.9 Å². The second-order valence-electron chi connectivity index (χ2n) is 4.58. The molecule has 0 aliphatic carbocycles. The molecule has 2 aromatic rings. The molecule has 0 radical (unpaired) electrons. The summed E-state index contributed by atoms with van der Waals surface area (Å²) < 4.78 is 4.96. The van der Waals surface area contributed by atoms with Gasteiger partial charge in [-0.25, -0.2) is 0 Å². The van der Waals surface area contributed by atoms with Crippen LogP contribution in [-0.4, -0.2) is 35.0 Å². The lowest BCUT2D eigenvalue weighted by Gasteiger charge is -2.12. The van der Waals surface area contributed by atoms with Gasteiger partial charge in [0, 0.05) is 18.0 Å². The molecule has 1 aliphatic rings. The molecule has 118 valence electrons. The summed E-state index contributed by atoms with van der Waals surface area (Å²) in [6.45, 7) is 0.294.